The van der Waals surface area contributed by atoms with Crippen LogP contribution in [-0.4, -0.2) is 56.3 Å². The Morgan fingerprint density at radius 3 is 2.67 bits per heavy atom. The molecule has 1 aliphatic rings. The Kier molecular flexibility index (Phi) is 7.93. The summed E-state index contributed by atoms with van der Waals surface area (Å²) in [6.45, 7) is 1.76. The number of rotatable bonds is 5. The van der Waals surface area contributed by atoms with Gasteiger partial charge in [-0.2, -0.15) is 5.10 Å². The molecule has 2 bridgehead atoms. The number of aromatic carboxylic acids is 1. The molecule has 4 aromatic heterocycles. The number of carbonyl (C=O) groups is 2. The quantitative estimate of drug-likeness (QED) is 0.278. The number of nitrogens with one attached hydrogen (secondary N) is 1. The molecular weight excluding hydrogens is 612 g/mol. The van der Waals surface area contributed by atoms with Gasteiger partial charge in [0.15, 0.2) is 5.69 Å². The van der Waals surface area contributed by atoms with E-state index in [4.69, 9.17) is 11.6 Å². The first kappa shape index (κ1) is 29.7. The molecule has 0 fully saturated rings. The lowest BCUT2D eigenvalue weighted by Gasteiger charge is -2.22. The van der Waals surface area contributed by atoms with E-state index in [1.165, 1.54) is 38.6 Å². The molecule has 16 heteroatoms. The summed E-state index contributed by atoms with van der Waals surface area (Å²) < 4.78 is 30.3. The third-order valence-corrected chi connectivity index (χ3v) is 7.72. The summed E-state index contributed by atoms with van der Waals surface area (Å²) in [7, 11) is 0. The van der Waals surface area contributed by atoms with Crippen molar-refractivity contribution < 1.29 is 23.5 Å². The van der Waals surface area contributed by atoms with E-state index in [0.717, 1.165) is 6.20 Å². The third kappa shape index (κ3) is 5.93. The number of benzene rings is 1. The Morgan fingerprint density at radius 2 is 1.93 bits per heavy atom. The van der Waals surface area contributed by atoms with Crippen molar-refractivity contribution in [2.24, 2.45) is 5.92 Å². The zero-order chi connectivity index (χ0) is 31.8. The number of carbonyl (C=O) groups excluding carboxylic acids is 1. The largest absolute Gasteiger partial charge is 0.476 e. The van der Waals surface area contributed by atoms with Crippen LogP contribution >= 0.6 is 11.6 Å². The van der Waals surface area contributed by atoms with Gasteiger partial charge < -0.3 is 10.4 Å². The maximum Gasteiger partial charge on any atom is 0.356 e. The van der Waals surface area contributed by atoms with Crippen LogP contribution in [0.2, 0.25) is 5.02 Å². The zero-order valence-electron chi connectivity index (χ0n) is 23.5. The Labute approximate surface area is 258 Å². The second kappa shape index (κ2) is 12.0. The standard InChI is InChI=1S/C29H24ClF2N9O4/c1-15-3-2-4-24(20-10-17(7-8-33-20)41-25(35-28(15)43)11-21(37-41)29(44)45)39-14-34-19(12-26(39)42)18-9-16(30)5-6-23(18)40-13-22(27(31)32)36-38-40/h5-15,24,27H,2-4H2,1H3,(H,35,43)(H,44,45)/t15-,24+/m1/s1. The first-order chi connectivity index (χ1) is 21.6. The Balaban J connectivity index is 1.42. The molecule has 1 amide bonds. The fourth-order valence-corrected chi connectivity index (χ4v) is 5.32. The molecular formula is C29H24ClF2N9O4. The molecule has 0 spiro atoms. The summed E-state index contributed by atoms with van der Waals surface area (Å²) in [5.74, 6) is -1.79. The highest BCUT2D eigenvalue weighted by Gasteiger charge is 2.25. The number of hydrogen-bond donors (Lipinski definition) is 2. The lowest BCUT2D eigenvalue weighted by atomic mass is 9.98. The van der Waals surface area contributed by atoms with E-state index in [2.05, 4.69) is 30.7 Å². The van der Waals surface area contributed by atoms with Crippen LogP contribution in [0.3, 0.4) is 0 Å². The molecule has 5 heterocycles. The number of amides is 1. The van der Waals surface area contributed by atoms with Crippen molar-refractivity contribution in [2.45, 2.75) is 38.7 Å². The van der Waals surface area contributed by atoms with Gasteiger partial charge in [-0.05, 0) is 43.2 Å². The van der Waals surface area contributed by atoms with Crippen molar-refractivity contribution in [1.82, 2.24) is 39.3 Å². The Morgan fingerprint density at radius 1 is 1.11 bits per heavy atom. The third-order valence-electron chi connectivity index (χ3n) is 7.48. The Bertz CT molecular complexity index is 1990. The Hall–Kier alpha value is -5.31. The van der Waals surface area contributed by atoms with Crippen LogP contribution < -0.4 is 10.9 Å². The fraction of sp³-hybridized carbons (Fsp3) is 0.241. The van der Waals surface area contributed by atoms with E-state index in [-0.39, 0.29) is 23.1 Å². The molecule has 0 saturated heterocycles. The number of pyridine rings is 1. The second-order valence-electron chi connectivity index (χ2n) is 10.5. The van der Waals surface area contributed by atoms with E-state index >= 15 is 0 Å². The maximum atomic E-state index is 13.7. The molecule has 0 saturated carbocycles. The number of carboxylic acids is 1. The van der Waals surface area contributed by atoms with E-state index in [1.54, 1.807) is 37.3 Å². The first-order valence-corrected chi connectivity index (χ1v) is 14.2. The van der Waals surface area contributed by atoms with E-state index in [1.807, 2.05) is 0 Å². The normalized spacial score (nSPS) is 16.9. The lowest BCUT2D eigenvalue weighted by molar-refractivity contribution is -0.119. The molecule has 6 rings (SSSR count). The van der Waals surface area contributed by atoms with E-state index in [0.29, 0.717) is 46.9 Å². The maximum absolute atomic E-state index is 13.7. The van der Waals surface area contributed by atoms with Gasteiger partial charge in [0, 0.05) is 34.8 Å². The van der Waals surface area contributed by atoms with Crippen molar-refractivity contribution in [3.8, 4) is 22.6 Å². The van der Waals surface area contributed by atoms with Crippen molar-refractivity contribution in [1.29, 1.82) is 0 Å². The van der Waals surface area contributed by atoms with Gasteiger partial charge in [-0.1, -0.05) is 30.2 Å². The summed E-state index contributed by atoms with van der Waals surface area (Å²) >= 11 is 6.25. The average Bonchev–Trinajstić information content (AvgIpc) is 3.68. The minimum absolute atomic E-state index is 0.187. The number of hydrogen-bond acceptors (Lipinski definition) is 8. The minimum Gasteiger partial charge on any atom is -0.476 e. The predicted octanol–water partition coefficient (Wildman–Crippen LogP) is 4.71. The van der Waals surface area contributed by atoms with Crippen LogP contribution in [0, 0.1) is 5.92 Å². The van der Waals surface area contributed by atoms with E-state index in [9.17, 15) is 28.3 Å². The van der Waals surface area contributed by atoms with Crippen LogP contribution in [-0.2, 0) is 4.79 Å². The molecule has 0 aliphatic carbocycles. The van der Waals surface area contributed by atoms with Gasteiger partial charge in [0.1, 0.15) is 11.5 Å². The van der Waals surface area contributed by atoms with Crippen LogP contribution in [0.25, 0.3) is 22.6 Å². The summed E-state index contributed by atoms with van der Waals surface area (Å²) in [5.41, 5.74) is 0.667. The topological polar surface area (TPSA) is 163 Å². The number of fused-ring (bicyclic) bond motifs is 4. The number of nitrogens with zero attached hydrogens (tertiary/aromatic N) is 8. The van der Waals surface area contributed by atoms with Gasteiger partial charge in [-0.3, -0.25) is 19.1 Å². The highest BCUT2D eigenvalue weighted by Crippen LogP contribution is 2.31. The summed E-state index contributed by atoms with van der Waals surface area (Å²) in [6.07, 6.45) is 2.62. The van der Waals surface area contributed by atoms with Gasteiger partial charge in [-0.15, -0.1) is 5.10 Å². The van der Waals surface area contributed by atoms with Gasteiger partial charge in [0.05, 0.1) is 41.3 Å². The van der Waals surface area contributed by atoms with Crippen molar-refractivity contribution in [3.05, 3.63) is 93.6 Å². The molecule has 2 atom stereocenters. The SMILES string of the molecule is C[C@@H]1CCC[C@H](n2cnc(-c3cc(Cl)ccc3-n3cc(C(F)F)nn3)cc2=O)c2cc(ccn2)-n2nc(C(=O)O)cc2NC1=O. The number of aromatic nitrogens is 8. The van der Waals surface area contributed by atoms with Crippen LogP contribution in [0.1, 0.15) is 60.5 Å². The van der Waals surface area contributed by atoms with Crippen molar-refractivity contribution in [3.63, 3.8) is 0 Å². The highest BCUT2D eigenvalue weighted by atomic mass is 35.5. The van der Waals surface area contributed by atoms with Crippen LogP contribution in [0.15, 0.2) is 66.0 Å². The molecule has 13 nitrogen and oxygen atoms in total. The van der Waals surface area contributed by atoms with Crippen molar-refractivity contribution >= 4 is 29.3 Å². The lowest BCUT2D eigenvalue weighted by Crippen LogP contribution is -2.27. The average molecular weight is 636 g/mol. The fourth-order valence-electron chi connectivity index (χ4n) is 5.15. The second-order valence-corrected chi connectivity index (χ2v) is 10.9. The molecule has 45 heavy (non-hydrogen) atoms. The molecule has 0 unspecified atom stereocenters. The summed E-state index contributed by atoms with van der Waals surface area (Å²) in [5, 5.41) is 24.1. The highest BCUT2D eigenvalue weighted by molar-refractivity contribution is 6.31. The van der Waals surface area contributed by atoms with Crippen LogP contribution in [0.4, 0.5) is 14.6 Å². The number of alkyl halides is 2. The summed E-state index contributed by atoms with van der Waals surface area (Å²) in [6, 6.07) is 9.93. The molecule has 1 aliphatic heterocycles. The number of anilines is 1. The monoisotopic (exact) mass is 635 g/mol. The predicted molar refractivity (Wildman–Crippen MR) is 157 cm³/mol. The van der Waals surface area contributed by atoms with Crippen LogP contribution in [0.5, 0.6) is 0 Å². The van der Waals surface area contributed by atoms with Gasteiger partial charge in [-0.25, -0.2) is 27.9 Å². The van der Waals surface area contributed by atoms with Gasteiger partial charge in [0.25, 0.3) is 12.0 Å². The molecule has 2 N–H and O–H groups in total. The van der Waals surface area contributed by atoms with Crippen molar-refractivity contribution in [2.75, 3.05) is 5.32 Å². The molecule has 1 aromatic carbocycles. The van der Waals surface area contributed by atoms with Gasteiger partial charge in [0.2, 0.25) is 5.91 Å². The van der Waals surface area contributed by atoms with E-state index < -0.39 is 35.6 Å². The summed E-state index contributed by atoms with van der Waals surface area (Å²) in [4.78, 5) is 47.3. The van der Waals surface area contributed by atoms with Gasteiger partial charge >= 0.3 is 5.97 Å². The molecule has 5 aromatic rings. The smallest absolute Gasteiger partial charge is 0.356 e. The molecule has 230 valence electrons. The molecule has 0 radical (unpaired) electrons. The minimum atomic E-state index is -2.81. The zero-order valence-corrected chi connectivity index (χ0v) is 24.3. The number of halogens is 3. The number of carboxylic acid groups (broad SMARTS) is 1. The first-order valence-electron chi connectivity index (χ1n) is 13.8.